The molecule has 3 aromatic rings. The summed E-state index contributed by atoms with van der Waals surface area (Å²) in [6, 6.07) is 8.45. The number of benzene rings is 1. The van der Waals surface area contributed by atoms with Gasteiger partial charge in [0.2, 0.25) is 0 Å². The van der Waals surface area contributed by atoms with Gasteiger partial charge in [-0.1, -0.05) is 24.0 Å². The van der Waals surface area contributed by atoms with E-state index >= 15 is 0 Å². The maximum atomic E-state index is 12.4. The van der Waals surface area contributed by atoms with Gasteiger partial charge in [0, 0.05) is 40.6 Å². The van der Waals surface area contributed by atoms with Crippen LogP contribution in [0, 0.1) is 43.9 Å². The highest BCUT2D eigenvalue weighted by Crippen LogP contribution is 2.52. The molecule has 2 aromatic heterocycles. The van der Waals surface area contributed by atoms with Crippen LogP contribution in [0.15, 0.2) is 29.3 Å². The zero-order valence-corrected chi connectivity index (χ0v) is 26.0. The summed E-state index contributed by atoms with van der Waals surface area (Å²) >= 11 is 1.78. The van der Waals surface area contributed by atoms with Crippen LogP contribution >= 0.6 is 11.3 Å². The minimum Gasteiger partial charge on any atom is -0.444 e. The molecule has 1 aliphatic carbocycles. The number of likely N-dealkylation sites (tertiary alicyclic amines) is 1. The number of amides is 1. The molecule has 2 aliphatic heterocycles. The molecular formula is C33H39N5O2S. The summed E-state index contributed by atoms with van der Waals surface area (Å²) in [5.41, 5.74) is 5.47. The molecule has 4 heterocycles. The average Bonchev–Trinajstić information content (AvgIpc) is 3.39. The van der Waals surface area contributed by atoms with Crippen molar-refractivity contribution in [3.8, 4) is 16.8 Å². The number of hydrogen-bond donors (Lipinski definition) is 0. The number of aryl methyl sites for hydroxylation is 2. The molecule has 8 heteroatoms. The number of carbonyl (C=O) groups excluding carboxylic acids is 1. The standard InChI is InChI=1S/C33H39N5O2S/c1-20-22(3)41-30-27(20)28(34-21(2)29-36-35-23(4)38(29)30)26-12-10-24(11-13-26)8-9-25-18-33(19-25)14-16-37(17-15-33)31(39)40-32(5,6)7/h10-13,21,25H,14-19H2,1-7H3/t21-/m0/s1. The average molecular weight is 570 g/mol. The Morgan fingerprint density at radius 1 is 1.07 bits per heavy atom. The van der Waals surface area contributed by atoms with E-state index in [1.54, 1.807) is 11.3 Å². The fraction of sp³-hybridized carbons (Fsp3) is 0.515. The third-order valence-corrected chi connectivity index (χ3v) is 9.96. The van der Waals surface area contributed by atoms with Crippen LogP contribution in [0.1, 0.15) is 98.2 Å². The second-order valence-electron chi connectivity index (χ2n) is 13.0. The van der Waals surface area contributed by atoms with Crippen molar-refractivity contribution < 1.29 is 9.53 Å². The van der Waals surface area contributed by atoms with E-state index in [-0.39, 0.29) is 12.1 Å². The molecule has 0 bridgehead atoms. The molecule has 2 fully saturated rings. The van der Waals surface area contributed by atoms with Crippen molar-refractivity contribution in [1.29, 1.82) is 0 Å². The fourth-order valence-electron chi connectivity index (χ4n) is 6.36. The van der Waals surface area contributed by atoms with Crippen LogP contribution in [0.2, 0.25) is 0 Å². The highest BCUT2D eigenvalue weighted by atomic mass is 32.1. The van der Waals surface area contributed by atoms with E-state index in [9.17, 15) is 4.79 Å². The van der Waals surface area contributed by atoms with E-state index in [2.05, 4.69) is 71.6 Å². The number of nitrogens with zero attached hydrogens (tertiary/aromatic N) is 5. The molecule has 1 saturated heterocycles. The summed E-state index contributed by atoms with van der Waals surface area (Å²) in [4.78, 5) is 20.7. The molecule has 1 amide bonds. The molecule has 1 spiro atoms. The monoisotopic (exact) mass is 569 g/mol. The maximum Gasteiger partial charge on any atom is 0.410 e. The lowest BCUT2D eigenvalue weighted by atomic mass is 9.58. The highest BCUT2D eigenvalue weighted by molar-refractivity contribution is 7.15. The third kappa shape index (κ3) is 5.21. The zero-order valence-electron chi connectivity index (χ0n) is 25.2. The van der Waals surface area contributed by atoms with Gasteiger partial charge in [-0.2, -0.15) is 0 Å². The Morgan fingerprint density at radius 2 is 1.76 bits per heavy atom. The van der Waals surface area contributed by atoms with Crippen LogP contribution in [0.4, 0.5) is 4.79 Å². The van der Waals surface area contributed by atoms with Crippen LogP contribution in [0.3, 0.4) is 0 Å². The number of rotatable bonds is 1. The first-order valence-corrected chi connectivity index (χ1v) is 15.4. The van der Waals surface area contributed by atoms with Crippen molar-refractivity contribution in [2.24, 2.45) is 16.3 Å². The lowest BCUT2D eigenvalue weighted by Crippen LogP contribution is -2.49. The van der Waals surface area contributed by atoms with Gasteiger partial charge in [0.1, 0.15) is 22.5 Å². The Labute approximate surface area is 247 Å². The summed E-state index contributed by atoms with van der Waals surface area (Å²) in [6.07, 6.45) is 4.14. The Balaban J connectivity index is 1.13. The van der Waals surface area contributed by atoms with E-state index < -0.39 is 5.60 Å². The van der Waals surface area contributed by atoms with Gasteiger partial charge in [0.15, 0.2) is 5.82 Å². The molecule has 214 valence electrons. The Bertz CT molecular complexity index is 1580. The van der Waals surface area contributed by atoms with Gasteiger partial charge in [-0.05, 0) is 97.3 Å². The number of ether oxygens (including phenoxy) is 1. The van der Waals surface area contributed by atoms with Gasteiger partial charge in [0.25, 0.3) is 0 Å². The predicted molar refractivity (Wildman–Crippen MR) is 163 cm³/mol. The van der Waals surface area contributed by atoms with E-state index in [1.807, 2.05) is 32.6 Å². The van der Waals surface area contributed by atoms with Gasteiger partial charge < -0.3 is 9.64 Å². The van der Waals surface area contributed by atoms with Gasteiger partial charge in [-0.25, -0.2) is 4.79 Å². The number of fused-ring (bicyclic) bond motifs is 3. The van der Waals surface area contributed by atoms with Gasteiger partial charge >= 0.3 is 6.09 Å². The topological polar surface area (TPSA) is 72.6 Å². The van der Waals surface area contributed by atoms with Gasteiger partial charge in [-0.15, -0.1) is 21.5 Å². The molecule has 6 rings (SSSR count). The first-order valence-electron chi connectivity index (χ1n) is 14.6. The Hall–Kier alpha value is -3.44. The lowest BCUT2D eigenvalue weighted by molar-refractivity contribution is -0.0157. The lowest BCUT2D eigenvalue weighted by Gasteiger charge is -2.50. The van der Waals surface area contributed by atoms with Crippen LogP contribution in [-0.2, 0) is 4.74 Å². The molecule has 7 nitrogen and oxygen atoms in total. The fourth-order valence-corrected chi connectivity index (χ4v) is 7.58. The third-order valence-electron chi connectivity index (χ3n) is 8.77. The number of aliphatic imine (C=N–C) groups is 1. The second kappa shape index (κ2) is 10.1. The molecular weight excluding hydrogens is 530 g/mol. The van der Waals surface area contributed by atoms with Crippen molar-refractivity contribution in [3.05, 3.63) is 63.0 Å². The highest BCUT2D eigenvalue weighted by Gasteiger charge is 2.46. The number of carbonyl (C=O) groups is 1. The first-order chi connectivity index (χ1) is 19.4. The smallest absolute Gasteiger partial charge is 0.410 e. The first kappa shape index (κ1) is 27.7. The summed E-state index contributed by atoms with van der Waals surface area (Å²) in [7, 11) is 0. The predicted octanol–water partition coefficient (Wildman–Crippen LogP) is 6.94. The second-order valence-corrected chi connectivity index (χ2v) is 14.2. The zero-order chi connectivity index (χ0) is 29.1. The molecule has 41 heavy (non-hydrogen) atoms. The van der Waals surface area contributed by atoms with E-state index in [0.717, 1.165) is 72.3 Å². The summed E-state index contributed by atoms with van der Waals surface area (Å²) in [5.74, 6) is 9.16. The van der Waals surface area contributed by atoms with Crippen LogP contribution < -0.4 is 0 Å². The molecule has 0 radical (unpaired) electrons. The molecule has 1 aromatic carbocycles. The van der Waals surface area contributed by atoms with Crippen LogP contribution in [0.25, 0.3) is 5.00 Å². The Morgan fingerprint density at radius 3 is 2.41 bits per heavy atom. The molecule has 0 N–H and O–H groups in total. The summed E-state index contributed by atoms with van der Waals surface area (Å²) in [5, 5.41) is 9.96. The van der Waals surface area contributed by atoms with E-state index in [4.69, 9.17) is 9.73 Å². The van der Waals surface area contributed by atoms with Crippen LogP contribution in [-0.4, -0.2) is 50.2 Å². The minimum atomic E-state index is -0.449. The van der Waals surface area contributed by atoms with E-state index in [0.29, 0.717) is 11.3 Å². The number of aromatic nitrogens is 3. The number of piperidine rings is 1. The maximum absolute atomic E-state index is 12.4. The molecule has 1 saturated carbocycles. The molecule has 3 aliphatic rings. The quantitative estimate of drug-likeness (QED) is 0.298. The van der Waals surface area contributed by atoms with Crippen LogP contribution in [0.5, 0.6) is 0 Å². The van der Waals surface area contributed by atoms with Crippen molar-refractivity contribution >= 4 is 23.1 Å². The summed E-state index contributed by atoms with van der Waals surface area (Å²) in [6.45, 7) is 15.8. The number of hydrogen-bond acceptors (Lipinski definition) is 6. The molecule has 1 atom stereocenters. The largest absolute Gasteiger partial charge is 0.444 e. The van der Waals surface area contributed by atoms with Gasteiger partial charge in [-0.3, -0.25) is 9.56 Å². The summed E-state index contributed by atoms with van der Waals surface area (Å²) < 4.78 is 7.73. The van der Waals surface area contributed by atoms with Crippen molar-refractivity contribution in [2.45, 2.75) is 85.8 Å². The Kier molecular flexibility index (Phi) is 6.85. The van der Waals surface area contributed by atoms with Crippen molar-refractivity contribution in [1.82, 2.24) is 19.7 Å². The normalized spacial score (nSPS) is 19.8. The minimum absolute atomic E-state index is 0.0908. The SMILES string of the molecule is Cc1sc2c(c1C)C(c1ccc(C#CC3CC4(CCN(C(=O)OC(C)(C)C)CC4)C3)cc1)=N[C@@H](C)c1nnc(C)n1-2. The van der Waals surface area contributed by atoms with E-state index in [1.165, 1.54) is 16.0 Å². The number of thiophene rings is 1. The van der Waals surface area contributed by atoms with Crippen molar-refractivity contribution in [3.63, 3.8) is 0 Å². The molecule has 0 unspecified atom stereocenters. The van der Waals surface area contributed by atoms with Gasteiger partial charge in [0.05, 0.1) is 5.71 Å². The van der Waals surface area contributed by atoms with Crippen molar-refractivity contribution in [2.75, 3.05) is 13.1 Å².